The van der Waals surface area contributed by atoms with E-state index in [0.717, 1.165) is 32.4 Å². The lowest BCUT2D eigenvalue weighted by molar-refractivity contribution is -0.121. The average Bonchev–Trinajstić information content (AvgIpc) is 2.92. The summed E-state index contributed by atoms with van der Waals surface area (Å²) < 4.78 is 10.1. The van der Waals surface area contributed by atoms with Gasteiger partial charge in [-0.25, -0.2) is 4.79 Å². The number of furan rings is 1. The number of hydrogen-bond acceptors (Lipinski definition) is 5. The quantitative estimate of drug-likeness (QED) is 0.783. The number of methoxy groups -OCH3 is 1. The predicted octanol–water partition coefficient (Wildman–Crippen LogP) is 1.77. The minimum Gasteiger partial charge on any atom is -0.465 e. The first-order valence-corrected chi connectivity index (χ1v) is 7.75. The van der Waals surface area contributed by atoms with E-state index in [0.29, 0.717) is 36.0 Å². The molecule has 0 radical (unpaired) electrons. The van der Waals surface area contributed by atoms with E-state index in [2.05, 4.69) is 15.4 Å². The average molecular weight is 308 g/mol. The molecule has 6 nitrogen and oxygen atoms in total. The Balaban J connectivity index is 1.75. The zero-order valence-electron chi connectivity index (χ0n) is 13.2. The van der Waals surface area contributed by atoms with Gasteiger partial charge in [0.1, 0.15) is 17.1 Å². The highest BCUT2D eigenvalue weighted by Crippen LogP contribution is 2.18. The molecule has 122 valence electrons. The van der Waals surface area contributed by atoms with Crippen molar-refractivity contribution in [2.75, 3.05) is 20.2 Å². The zero-order valence-corrected chi connectivity index (χ0v) is 13.2. The summed E-state index contributed by atoms with van der Waals surface area (Å²) in [4.78, 5) is 23.4. The SMILES string of the molecule is COC(=O)c1cc(CNC(=O)CCC2CCNCC2)oc1C. The lowest BCUT2D eigenvalue weighted by Gasteiger charge is -2.22. The number of ether oxygens (including phenoxy) is 1. The molecule has 0 saturated carbocycles. The first-order chi connectivity index (χ1) is 10.6. The summed E-state index contributed by atoms with van der Waals surface area (Å²) in [6, 6.07) is 1.62. The van der Waals surface area contributed by atoms with Crippen molar-refractivity contribution in [1.29, 1.82) is 0 Å². The maximum absolute atomic E-state index is 11.9. The summed E-state index contributed by atoms with van der Waals surface area (Å²) in [6.45, 7) is 4.10. The Morgan fingerprint density at radius 3 is 2.82 bits per heavy atom. The second kappa shape index (κ2) is 7.98. The first kappa shape index (κ1) is 16.5. The molecule has 0 spiro atoms. The van der Waals surface area contributed by atoms with Crippen LogP contribution in [-0.2, 0) is 16.1 Å². The van der Waals surface area contributed by atoms with Crippen LogP contribution in [0.5, 0.6) is 0 Å². The zero-order chi connectivity index (χ0) is 15.9. The topological polar surface area (TPSA) is 80.6 Å². The van der Waals surface area contributed by atoms with Gasteiger partial charge in [-0.3, -0.25) is 4.79 Å². The minimum atomic E-state index is -0.426. The van der Waals surface area contributed by atoms with Crippen molar-refractivity contribution in [2.24, 2.45) is 5.92 Å². The van der Waals surface area contributed by atoms with Crippen molar-refractivity contribution in [2.45, 2.75) is 39.2 Å². The van der Waals surface area contributed by atoms with E-state index in [1.165, 1.54) is 7.11 Å². The number of piperidine rings is 1. The van der Waals surface area contributed by atoms with Gasteiger partial charge in [0.25, 0.3) is 0 Å². The summed E-state index contributed by atoms with van der Waals surface area (Å²) in [5.41, 5.74) is 0.404. The van der Waals surface area contributed by atoms with Crippen LogP contribution in [0.3, 0.4) is 0 Å². The summed E-state index contributed by atoms with van der Waals surface area (Å²) in [7, 11) is 1.33. The molecule has 1 aromatic heterocycles. The molecule has 0 bridgehead atoms. The molecule has 6 heteroatoms. The van der Waals surface area contributed by atoms with Crippen LogP contribution in [0, 0.1) is 12.8 Å². The number of nitrogens with one attached hydrogen (secondary N) is 2. The van der Waals surface area contributed by atoms with Gasteiger partial charge in [-0.05, 0) is 51.3 Å². The number of amides is 1. The third-order valence-electron chi connectivity index (χ3n) is 4.07. The van der Waals surface area contributed by atoms with Crippen LogP contribution < -0.4 is 10.6 Å². The van der Waals surface area contributed by atoms with Gasteiger partial charge in [-0.1, -0.05) is 0 Å². The van der Waals surface area contributed by atoms with Crippen LogP contribution in [0.1, 0.15) is 47.6 Å². The lowest BCUT2D eigenvalue weighted by Crippen LogP contribution is -2.29. The molecule has 0 aromatic carbocycles. The Morgan fingerprint density at radius 2 is 2.14 bits per heavy atom. The summed E-state index contributed by atoms with van der Waals surface area (Å²) >= 11 is 0. The molecule has 1 fully saturated rings. The lowest BCUT2D eigenvalue weighted by atomic mass is 9.93. The van der Waals surface area contributed by atoms with Gasteiger partial charge in [0.15, 0.2) is 0 Å². The van der Waals surface area contributed by atoms with Gasteiger partial charge < -0.3 is 19.8 Å². The van der Waals surface area contributed by atoms with Crippen LogP contribution in [0.25, 0.3) is 0 Å². The second-order valence-electron chi connectivity index (χ2n) is 5.68. The van der Waals surface area contributed by atoms with E-state index >= 15 is 0 Å². The fraction of sp³-hybridized carbons (Fsp3) is 0.625. The fourth-order valence-electron chi connectivity index (χ4n) is 2.72. The molecule has 0 aliphatic carbocycles. The third-order valence-corrected chi connectivity index (χ3v) is 4.07. The van der Waals surface area contributed by atoms with Crippen LogP contribution in [0.15, 0.2) is 10.5 Å². The molecule has 2 rings (SSSR count). The van der Waals surface area contributed by atoms with Crippen molar-refractivity contribution < 1.29 is 18.7 Å². The standard InChI is InChI=1S/C16H24N2O4/c1-11-14(16(20)21-2)9-13(22-11)10-18-15(19)4-3-12-5-7-17-8-6-12/h9,12,17H,3-8,10H2,1-2H3,(H,18,19). The van der Waals surface area contributed by atoms with Crippen LogP contribution >= 0.6 is 0 Å². The van der Waals surface area contributed by atoms with Crippen molar-refractivity contribution in [3.8, 4) is 0 Å². The number of carbonyl (C=O) groups excluding carboxylic acids is 2. The van der Waals surface area contributed by atoms with Crippen LogP contribution in [-0.4, -0.2) is 32.1 Å². The highest BCUT2D eigenvalue weighted by molar-refractivity contribution is 5.90. The molecule has 22 heavy (non-hydrogen) atoms. The molecule has 2 heterocycles. The molecule has 0 unspecified atom stereocenters. The summed E-state index contributed by atoms with van der Waals surface area (Å²) in [6.07, 6.45) is 3.76. The Morgan fingerprint density at radius 1 is 1.41 bits per heavy atom. The monoisotopic (exact) mass is 308 g/mol. The number of aryl methyl sites for hydroxylation is 1. The van der Waals surface area contributed by atoms with E-state index in [4.69, 9.17) is 4.42 Å². The third kappa shape index (κ3) is 4.59. The van der Waals surface area contributed by atoms with E-state index < -0.39 is 5.97 Å². The first-order valence-electron chi connectivity index (χ1n) is 7.75. The maximum Gasteiger partial charge on any atom is 0.341 e. The van der Waals surface area contributed by atoms with Gasteiger partial charge in [0.2, 0.25) is 5.91 Å². The summed E-state index contributed by atoms with van der Waals surface area (Å²) in [5, 5.41) is 6.16. The van der Waals surface area contributed by atoms with Gasteiger partial charge >= 0.3 is 5.97 Å². The minimum absolute atomic E-state index is 0.0206. The Labute approximate surface area is 130 Å². The van der Waals surface area contributed by atoms with E-state index in [1.807, 2.05) is 0 Å². The molecule has 1 aromatic rings. The fourth-order valence-corrected chi connectivity index (χ4v) is 2.72. The van der Waals surface area contributed by atoms with Gasteiger partial charge in [-0.15, -0.1) is 0 Å². The van der Waals surface area contributed by atoms with E-state index in [9.17, 15) is 9.59 Å². The molecule has 1 aliphatic rings. The van der Waals surface area contributed by atoms with Crippen LogP contribution in [0.4, 0.5) is 0 Å². The van der Waals surface area contributed by atoms with Crippen molar-refractivity contribution in [3.05, 3.63) is 23.2 Å². The molecule has 1 aliphatic heterocycles. The molecule has 1 amide bonds. The molecular formula is C16H24N2O4. The molecule has 2 N–H and O–H groups in total. The maximum atomic E-state index is 11.9. The molecule has 0 atom stereocenters. The Bertz CT molecular complexity index is 518. The number of carbonyl (C=O) groups is 2. The smallest absolute Gasteiger partial charge is 0.341 e. The van der Waals surface area contributed by atoms with Crippen molar-refractivity contribution >= 4 is 11.9 Å². The predicted molar refractivity (Wildman–Crippen MR) is 81.5 cm³/mol. The Kier molecular flexibility index (Phi) is 6.00. The van der Waals surface area contributed by atoms with Crippen molar-refractivity contribution in [3.63, 3.8) is 0 Å². The highest BCUT2D eigenvalue weighted by Gasteiger charge is 2.17. The second-order valence-corrected chi connectivity index (χ2v) is 5.68. The Hall–Kier alpha value is -1.82. The highest BCUT2D eigenvalue weighted by atomic mass is 16.5. The normalized spacial score (nSPS) is 15.5. The van der Waals surface area contributed by atoms with Crippen LogP contribution in [0.2, 0.25) is 0 Å². The van der Waals surface area contributed by atoms with Crippen molar-refractivity contribution in [1.82, 2.24) is 10.6 Å². The van der Waals surface area contributed by atoms with Gasteiger partial charge in [0.05, 0.1) is 13.7 Å². The number of rotatable bonds is 6. The number of hydrogen-bond donors (Lipinski definition) is 2. The van der Waals surface area contributed by atoms with E-state index in [-0.39, 0.29) is 5.91 Å². The largest absolute Gasteiger partial charge is 0.465 e. The number of esters is 1. The van der Waals surface area contributed by atoms with Gasteiger partial charge in [-0.2, -0.15) is 0 Å². The molecule has 1 saturated heterocycles. The summed E-state index contributed by atoms with van der Waals surface area (Å²) in [5.74, 6) is 1.31. The van der Waals surface area contributed by atoms with E-state index in [1.54, 1.807) is 13.0 Å². The molecular weight excluding hydrogens is 284 g/mol. The van der Waals surface area contributed by atoms with Gasteiger partial charge in [0, 0.05) is 6.42 Å².